The highest BCUT2D eigenvalue weighted by atomic mass is 19.1. The monoisotopic (exact) mass is 229 g/mol. The smallest absolute Gasteiger partial charge is 0.125 e. The Kier molecular flexibility index (Phi) is 1.90. The molecule has 0 spiro atoms. The van der Waals surface area contributed by atoms with Crippen LogP contribution >= 0.6 is 0 Å². The molecule has 3 rings (SSSR count). The highest BCUT2D eigenvalue weighted by Gasteiger charge is 2.12. The van der Waals surface area contributed by atoms with Crippen LogP contribution in [-0.4, -0.2) is 9.55 Å². The van der Waals surface area contributed by atoms with Crippen LogP contribution in [0, 0.1) is 12.7 Å². The average Bonchev–Trinajstić information content (AvgIpc) is 2.52. The lowest BCUT2D eigenvalue weighted by Gasteiger charge is -2.01. The molecule has 0 atom stereocenters. The molecule has 2 heterocycles. The Balaban J connectivity index is 2.63. The van der Waals surface area contributed by atoms with Crippen molar-refractivity contribution >= 4 is 27.6 Å². The fourth-order valence-electron chi connectivity index (χ4n) is 2.45. The summed E-state index contributed by atoms with van der Waals surface area (Å²) in [7, 11) is 1.91. The first-order chi connectivity index (χ1) is 8.08. The normalized spacial score (nSPS) is 11.5. The standard InChI is InChI=1S/C13H12FN3/c1-7-13-10(6-12(15)16-7)9-4-3-8(14)5-11(9)17(13)2/h3-6H,1-2H3,(H2,15,16). The Hall–Kier alpha value is -2.10. The summed E-state index contributed by atoms with van der Waals surface area (Å²) < 4.78 is 15.2. The van der Waals surface area contributed by atoms with Crippen molar-refractivity contribution in [3.63, 3.8) is 0 Å². The van der Waals surface area contributed by atoms with E-state index in [1.807, 2.05) is 24.6 Å². The number of pyridine rings is 1. The maximum atomic E-state index is 13.3. The molecule has 0 saturated heterocycles. The Morgan fingerprint density at radius 2 is 2.00 bits per heavy atom. The van der Waals surface area contributed by atoms with Gasteiger partial charge in [0.1, 0.15) is 11.6 Å². The van der Waals surface area contributed by atoms with Crippen molar-refractivity contribution in [1.29, 1.82) is 0 Å². The second-order valence-electron chi connectivity index (χ2n) is 4.25. The molecule has 86 valence electrons. The molecule has 4 heteroatoms. The van der Waals surface area contributed by atoms with Crippen LogP contribution in [0.25, 0.3) is 21.8 Å². The number of aryl methyl sites for hydroxylation is 2. The van der Waals surface area contributed by atoms with Crippen molar-refractivity contribution in [2.75, 3.05) is 5.73 Å². The van der Waals surface area contributed by atoms with E-state index >= 15 is 0 Å². The number of nitrogen functional groups attached to an aromatic ring is 1. The molecule has 0 unspecified atom stereocenters. The summed E-state index contributed by atoms with van der Waals surface area (Å²) in [6.07, 6.45) is 0. The number of nitrogens with zero attached hydrogens (tertiary/aromatic N) is 2. The van der Waals surface area contributed by atoms with Gasteiger partial charge in [0, 0.05) is 17.8 Å². The van der Waals surface area contributed by atoms with E-state index in [1.165, 1.54) is 12.1 Å². The quantitative estimate of drug-likeness (QED) is 0.644. The van der Waals surface area contributed by atoms with Crippen LogP contribution in [-0.2, 0) is 7.05 Å². The lowest BCUT2D eigenvalue weighted by Crippen LogP contribution is -1.95. The summed E-state index contributed by atoms with van der Waals surface area (Å²) in [5.41, 5.74) is 8.48. The van der Waals surface area contributed by atoms with Crippen LogP contribution in [0.5, 0.6) is 0 Å². The summed E-state index contributed by atoms with van der Waals surface area (Å²) in [6, 6.07) is 6.62. The van der Waals surface area contributed by atoms with E-state index in [2.05, 4.69) is 4.98 Å². The molecule has 3 aromatic rings. The fourth-order valence-corrected chi connectivity index (χ4v) is 2.45. The van der Waals surface area contributed by atoms with Gasteiger partial charge in [0.25, 0.3) is 0 Å². The molecule has 0 amide bonds. The second-order valence-corrected chi connectivity index (χ2v) is 4.25. The first-order valence-electron chi connectivity index (χ1n) is 5.38. The van der Waals surface area contributed by atoms with E-state index in [1.54, 1.807) is 6.07 Å². The lowest BCUT2D eigenvalue weighted by atomic mass is 10.1. The molecule has 1 aromatic carbocycles. The Bertz CT molecular complexity index is 743. The molecule has 17 heavy (non-hydrogen) atoms. The van der Waals surface area contributed by atoms with E-state index in [0.717, 1.165) is 27.5 Å². The summed E-state index contributed by atoms with van der Waals surface area (Å²) in [4.78, 5) is 4.24. The van der Waals surface area contributed by atoms with Crippen LogP contribution in [0.15, 0.2) is 24.3 Å². The minimum atomic E-state index is -0.234. The number of aromatic nitrogens is 2. The van der Waals surface area contributed by atoms with Gasteiger partial charge in [0.05, 0.1) is 16.7 Å². The summed E-state index contributed by atoms with van der Waals surface area (Å²) in [5, 5.41) is 2.02. The minimum Gasteiger partial charge on any atom is -0.384 e. The van der Waals surface area contributed by atoms with Crippen molar-refractivity contribution in [3.8, 4) is 0 Å². The zero-order chi connectivity index (χ0) is 12.2. The van der Waals surface area contributed by atoms with E-state index < -0.39 is 0 Å². The van der Waals surface area contributed by atoms with Gasteiger partial charge in [0.2, 0.25) is 0 Å². The largest absolute Gasteiger partial charge is 0.384 e. The second kappa shape index (κ2) is 3.20. The third kappa shape index (κ3) is 1.30. The number of hydrogen-bond donors (Lipinski definition) is 1. The Morgan fingerprint density at radius 3 is 2.76 bits per heavy atom. The van der Waals surface area contributed by atoms with Gasteiger partial charge in [-0.3, -0.25) is 0 Å². The van der Waals surface area contributed by atoms with E-state index in [-0.39, 0.29) is 5.82 Å². The molecule has 2 aromatic heterocycles. The molecule has 0 aliphatic heterocycles. The van der Waals surface area contributed by atoms with E-state index in [4.69, 9.17) is 5.73 Å². The van der Waals surface area contributed by atoms with Crippen LogP contribution in [0.4, 0.5) is 10.2 Å². The number of rotatable bonds is 0. The summed E-state index contributed by atoms with van der Waals surface area (Å²) in [6.45, 7) is 1.91. The van der Waals surface area contributed by atoms with E-state index in [0.29, 0.717) is 5.82 Å². The first kappa shape index (κ1) is 10.1. The predicted octanol–water partition coefficient (Wildman–Crippen LogP) is 2.76. The Labute approximate surface area is 97.7 Å². The number of fused-ring (bicyclic) bond motifs is 3. The molecular weight excluding hydrogens is 217 g/mol. The van der Waals surface area contributed by atoms with Crippen molar-refractivity contribution in [1.82, 2.24) is 9.55 Å². The number of hydrogen-bond acceptors (Lipinski definition) is 2. The summed E-state index contributed by atoms with van der Waals surface area (Å²) >= 11 is 0. The molecule has 0 aliphatic carbocycles. The van der Waals surface area contributed by atoms with Gasteiger partial charge in [-0.15, -0.1) is 0 Å². The van der Waals surface area contributed by atoms with Crippen LogP contribution in [0.2, 0.25) is 0 Å². The van der Waals surface area contributed by atoms with Crippen LogP contribution in [0.1, 0.15) is 5.69 Å². The topological polar surface area (TPSA) is 43.8 Å². The van der Waals surface area contributed by atoms with Gasteiger partial charge in [-0.25, -0.2) is 9.37 Å². The highest BCUT2D eigenvalue weighted by Crippen LogP contribution is 2.30. The average molecular weight is 229 g/mol. The van der Waals surface area contributed by atoms with Gasteiger partial charge < -0.3 is 10.3 Å². The molecule has 0 aliphatic rings. The highest BCUT2D eigenvalue weighted by molar-refractivity contribution is 6.09. The molecule has 0 saturated carbocycles. The van der Waals surface area contributed by atoms with Gasteiger partial charge in [0.15, 0.2) is 0 Å². The SMILES string of the molecule is Cc1nc(N)cc2c3ccc(F)cc3n(C)c12. The maximum Gasteiger partial charge on any atom is 0.125 e. The van der Waals surface area contributed by atoms with Gasteiger partial charge >= 0.3 is 0 Å². The molecule has 0 radical (unpaired) electrons. The predicted molar refractivity (Wildman–Crippen MR) is 67.3 cm³/mol. The van der Waals surface area contributed by atoms with Gasteiger partial charge in [-0.1, -0.05) is 0 Å². The zero-order valence-corrected chi connectivity index (χ0v) is 9.66. The molecule has 3 nitrogen and oxygen atoms in total. The number of nitrogens with two attached hydrogens (primary N) is 1. The number of benzene rings is 1. The molecule has 2 N–H and O–H groups in total. The maximum absolute atomic E-state index is 13.3. The van der Waals surface area contributed by atoms with Crippen molar-refractivity contribution in [2.24, 2.45) is 7.05 Å². The zero-order valence-electron chi connectivity index (χ0n) is 9.66. The molecule has 0 fully saturated rings. The third-order valence-corrected chi connectivity index (χ3v) is 3.13. The van der Waals surface area contributed by atoms with Crippen molar-refractivity contribution in [2.45, 2.75) is 6.92 Å². The van der Waals surface area contributed by atoms with Crippen molar-refractivity contribution in [3.05, 3.63) is 35.8 Å². The minimum absolute atomic E-state index is 0.234. The molecule has 0 bridgehead atoms. The van der Waals surface area contributed by atoms with E-state index in [9.17, 15) is 4.39 Å². The number of anilines is 1. The first-order valence-corrected chi connectivity index (χ1v) is 5.38. The number of halogens is 1. The van der Waals surface area contributed by atoms with Gasteiger partial charge in [-0.2, -0.15) is 0 Å². The van der Waals surface area contributed by atoms with Crippen LogP contribution in [0.3, 0.4) is 0 Å². The Morgan fingerprint density at radius 1 is 1.24 bits per heavy atom. The van der Waals surface area contributed by atoms with Gasteiger partial charge in [-0.05, 0) is 31.2 Å². The fraction of sp³-hybridized carbons (Fsp3) is 0.154. The van der Waals surface area contributed by atoms with Crippen molar-refractivity contribution < 1.29 is 4.39 Å². The molecular formula is C13H12FN3. The third-order valence-electron chi connectivity index (χ3n) is 3.13. The summed E-state index contributed by atoms with van der Waals surface area (Å²) in [5.74, 6) is 0.258. The van der Waals surface area contributed by atoms with Crippen LogP contribution < -0.4 is 5.73 Å². The lowest BCUT2D eigenvalue weighted by molar-refractivity contribution is 0.629.